The fraction of sp³-hybridized carbons (Fsp3) is 0.562. The van der Waals surface area contributed by atoms with Gasteiger partial charge in [0.2, 0.25) is 5.91 Å². The first-order valence-corrected chi connectivity index (χ1v) is 7.56. The molecule has 22 heavy (non-hydrogen) atoms. The Bertz CT molecular complexity index is 468. The summed E-state index contributed by atoms with van der Waals surface area (Å²) in [6.07, 6.45) is 4.31. The Balaban J connectivity index is 0.00000121. The highest BCUT2D eigenvalue weighted by Crippen LogP contribution is 2.29. The fourth-order valence-electron chi connectivity index (χ4n) is 2.95. The van der Waals surface area contributed by atoms with Crippen LogP contribution in [0.5, 0.6) is 0 Å². The Labute approximate surface area is 144 Å². The third-order valence-corrected chi connectivity index (χ3v) is 4.26. The molecule has 1 unspecified atom stereocenters. The SMILES string of the molecule is Cl.Cl.N[C@@H](Cc1ccccc1)C(=O)NC1CCN(C2CC2)C1. The molecule has 124 valence electrons. The van der Waals surface area contributed by atoms with Gasteiger partial charge >= 0.3 is 0 Å². The highest BCUT2D eigenvalue weighted by atomic mass is 35.5. The number of nitrogens with zero attached hydrogens (tertiary/aromatic N) is 1. The van der Waals surface area contributed by atoms with Crippen LogP contribution in [0.4, 0.5) is 0 Å². The summed E-state index contributed by atoms with van der Waals surface area (Å²) in [7, 11) is 0. The van der Waals surface area contributed by atoms with E-state index >= 15 is 0 Å². The number of benzene rings is 1. The Hall–Kier alpha value is -0.810. The first kappa shape index (κ1) is 19.2. The lowest BCUT2D eigenvalue weighted by atomic mass is 10.1. The monoisotopic (exact) mass is 345 g/mol. The highest BCUT2D eigenvalue weighted by Gasteiger charge is 2.35. The van der Waals surface area contributed by atoms with Gasteiger partial charge in [-0.2, -0.15) is 0 Å². The van der Waals surface area contributed by atoms with Crippen LogP contribution in [-0.4, -0.2) is 42.0 Å². The van der Waals surface area contributed by atoms with E-state index in [1.165, 1.54) is 12.8 Å². The molecule has 2 atom stereocenters. The summed E-state index contributed by atoms with van der Waals surface area (Å²) >= 11 is 0. The summed E-state index contributed by atoms with van der Waals surface area (Å²) in [4.78, 5) is 14.6. The quantitative estimate of drug-likeness (QED) is 0.854. The van der Waals surface area contributed by atoms with Crippen LogP contribution in [0.1, 0.15) is 24.8 Å². The van der Waals surface area contributed by atoms with E-state index in [4.69, 9.17) is 5.73 Å². The number of amides is 1. The minimum Gasteiger partial charge on any atom is -0.351 e. The maximum absolute atomic E-state index is 12.1. The summed E-state index contributed by atoms with van der Waals surface area (Å²) in [6.45, 7) is 2.11. The molecular formula is C16H25Cl2N3O. The number of hydrogen-bond donors (Lipinski definition) is 2. The fourth-order valence-corrected chi connectivity index (χ4v) is 2.95. The van der Waals surface area contributed by atoms with Crippen LogP contribution in [0, 0.1) is 0 Å². The third-order valence-electron chi connectivity index (χ3n) is 4.26. The van der Waals surface area contributed by atoms with Crippen LogP contribution >= 0.6 is 24.8 Å². The second-order valence-electron chi connectivity index (χ2n) is 6.02. The van der Waals surface area contributed by atoms with Crippen molar-refractivity contribution in [3.05, 3.63) is 35.9 Å². The van der Waals surface area contributed by atoms with Crippen LogP contribution < -0.4 is 11.1 Å². The molecule has 3 N–H and O–H groups in total. The molecule has 6 heteroatoms. The normalized spacial score (nSPS) is 22.3. The van der Waals surface area contributed by atoms with Gasteiger partial charge in [-0.1, -0.05) is 30.3 Å². The van der Waals surface area contributed by atoms with Crippen molar-refractivity contribution in [1.29, 1.82) is 0 Å². The summed E-state index contributed by atoms with van der Waals surface area (Å²) in [6, 6.07) is 10.6. The lowest BCUT2D eigenvalue weighted by molar-refractivity contribution is -0.123. The van der Waals surface area contributed by atoms with E-state index in [9.17, 15) is 4.79 Å². The predicted molar refractivity (Wildman–Crippen MR) is 93.8 cm³/mol. The van der Waals surface area contributed by atoms with Crippen molar-refractivity contribution < 1.29 is 4.79 Å². The van der Waals surface area contributed by atoms with Gasteiger partial charge in [0.1, 0.15) is 0 Å². The van der Waals surface area contributed by atoms with Crippen molar-refractivity contribution in [2.75, 3.05) is 13.1 Å². The highest BCUT2D eigenvalue weighted by molar-refractivity contribution is 5.85. The number of nitrogens with one attached hydrogen (secondary N) is 1. The lowest BCUT2D eigenvalue weighted by Crippen LogP contribution is -2.47. The zero-order chi connectivity index (χ0) is 13.9. The Morgan fingerprint density at radius 3 is 2.55 bits per heavy atom. The molecule has 4 nitrogen and oxygen atoms in total. The number of rotatable bonds is 5. The zero-order valence-electron chi connectivity index (χ0n) is 12.6. The van der Waals surface area contributed by atoms with Gasteiger partial charge in [-0.25, -0.2) is 0 Å². The summed E-state index contributed by atoms with van der Waals surface area (Å²) in [5.41, 5.74) is 7.12. The molecule has 0 aromatic heterocycles. The Kier molecular flexibility index (Phi) is 7.63. The van der Waals surface area contributed by atoms with Crippen molar-refractivity contribution in [2.45, 2.75) is 43.8 Å². The molecule has 1 heterocycles. The summed E-state index contributed by atoms with van der Waals surface area (Å²) in [5, 5.41) is 3.11. The summed E-state index contributed by atoms with van der Waals surface area (Å²) < 4.78 is 0. The average Bonchev–Trinajstić information content (AvgIpc) is 3.20. The molecule has 0 bridgehead atoms. The second kappa shape index (κ2) is 8.73. The van der Waals surface area contributed by atoms with Gasteiger partial charge in [-0.05, 0) is 31.2 Å². The van der Waals surface area contributed by atoms with Crippen molar-refractivity contribution in [3.8, 4) is 0 Å². The smallest absolute Gasteiger partial charge is 0.237 e. The minimum absolute atomic E-state index is 0. The lowest BCUT2D eigenvalue weighted by Gasteiger charge is -2.18. The van der Waals surface area contributed by atoms with Gasteiger partial charge in [-0.3, -0.25) is 9.69 Å². The average molecular weight is 346 g/mol. The first-order chi connectivity index (χ1) is 9.72. The van der Waals surface area contributed by atoms with Gasteiger partial charge in [0.25, 0.3) is 0 Å². The minimum atomic E-state index is -0.452. The third kappa shape index (κ3) is 5.13. The number of nitrogens with two attached hydrogens (primary N) is 1. The van der Waals surface area contributed by atoms with Gasteiger partial charge in [0.05, 0.1) is 6.04 Å². The largest absolute Gasteiger partial charge is 0.351 e. The van der Waals surface area contributed by atoms with Gasteiger partial charge in [-0.15, -0.1) is 24.8 Å². The van der Waals surface area contributed by atoms with Crippen molar-refractivity contribution in [1.82, 2.24) is 10.2 Å². The van der Waals surface area contributed by atoms with E-state index < -0.39 is 6.04 Å². The summed E-state index contributed by atoms with van der Waals surface area (Å²) in [5.74, 6) is -0.0171. The standard InChI is InChI=1S/C16H23N3O.2ClH/c17-15(10-12-4-2-1-3-5-12)16(20)18-13-8-9-19(11-13)14-6-7-14;;/h1-5,13-15H,6-11,17H2,(H,18,20);2*1H/t13?,15-;;/m0../s1. The van der Waals surface area contributed by atoms with Crippen LogP contribution in [-0.2, 0) is 11.2 Å². The molecular weight excluding hydrogens is 321 g/mol. The Morgan fingerprint density at radius 1 is 1.23 bits per heavy atom. The molecule has 1 aromatic rings. The molecule has 0 radical (unpaired) electrons. The zero-order valence-corrected chi connectivity index (χ0v) is 14.2. The van der Waals surface area contributed by atoms with Crippen LogP contribution in [0.25, 0.3) is 0 Å². The van der Waals surface area contributed by atoms with Crippen LogP contribution in [0.3, 0.4) is 0 Å². The van der Waals surface area contributed by atoms with Gasteiger partial charge in [0.15, 0.2) is 0 Å². The van der Waals surface area contributed by atoms with Crippen molar-refractivity contribution >= 4 is 30.7 Å². The number of carbonyl (C=O) groups is 1. The number of hydrogen-bond acceptors (Lipinski definition) is 3. The molecule has 0 spiro atoms. The van der Waals surface area contributed by atoms with Crippen LogP contribution in [0.2, 0.25) is 0 Å². The van der Waals surface area contributed by atoms with Gasteiger partial charge in [0, 0.05) is 25.2 Å². The van der Waals surface area contributed by atoms with E-state index in [-0.39, 0.29) is 36.8 Å². The molecule has 2 aliphatic rings. The van der Waals surface area contributed by atoms with Crippen LogP contribution in [0.15, 0.2) is 30.3 Å². The topological polar surface area (TPSA) is 58.4 Å². The number of likely N-dealkylation sites (tertiary alicyclic amines) is 1. The molecule has 1 saturated heterocycles. The van der Waals surface area contributed by atoms with Crippen molar-refractivity contribution in [3.63, 3.8) is 0 Å². The van der Waals surface area contributed by atoms with Gasteiger partial charge < -0.3 is 11.1 Å². The molecule has 1 aromatic carbocycles. The van der Waals surface area contributed by atoms with E-state index in [1.54, 1.807) is 0 Å². The molecule has 2 fully saturated rings. The first-order valence-electron chi connectivity index (χ1n) is 7.56. The second-order valence-corrected chi connectivity index (χ2v) is 6.02. The number of carbonyl (C=O) groups excluding carboxylic acids is 1. The van der Waals surface area contributed by atoms with E-state index in [2.05, 4.69) is 10.2 Å². The molecule has 1 aliphatic heterocycles. The molecule has 1 aliphatic carbocycles. The molecule has 1 amide bonds. The maximum Gasteiger partial charge on any atom is 0.237 e. The number of halogens is 2. The molecule has 1 saturated carbocycles. The van der Waals surface area contributed by atoms with E-state index in [0.717, 1.165) is 31.1 Å². The molecule has 3 rings (SSSR count). The van der Waals surface area contributed by atoms with Crippen molar-refractivity contribution in [2.24, 2.45) is 5.73 Å². The van der Waals surface area contributed by atoms with E-state index in [1.807, 2.05) is 30.3 Å². The van der Waals surface area contributed by atoms with E-state index in [0.29, 0.717) is 6.42 Å². The predicted octanol–water partition coefficient (Wildman–Crippen LogP) is 1.75. The maximum atomic E-state index is 12.1. The Morgan fingerprint density at radius 2 is 1.91 bits per heavy atom.